The Balaban J connectivity index is 2.13. The first-order valence-electron chi connectivity index (χ1n) is 6.12. The van der Waals surface area contributed by atoms with Gasteiger partial charge in [0.15, 0.2) is 12.4 Å². The molecule has 5 heteroatoms. The second kappa shape index (κ2) is 7.66. The van der Waals surface area contributed by atoms with E-state index in [1.165, 1.54) is 6.07 Å². The molecule has 1 amide bonds. The molecule has 1 aromatic rings. The van der Waals surface area contributed by atoms with Crippen molar-refractivity contribution in [2.45, 2.75) is 32.9 Å². The third kappa shape index (κ3) is 6.20. The van der Waals surface area contributed by atoms with Crippen LogP contribution >= 0.6 is 0 Å². The van der Waals surface area contributed by atoms with E-state index in [1.807, 2.05) is 24.6 Å². The molecule has 0 unspecified atom stereocenters. The van der Waals surface area contributed by atoms with Crippen LogP contribution < -0.4 is 15.0 Å². The Hall–Kier alpha value is -1.62. The van der Waals surface area contributed by atoms with Gasteiger partial charge in [0.25, 0.3) is 0 Å². The number of aromatic nitrogens is 1. The fourth-order valence-corrected chi connectivity index (χ4v) is 1.42. The van der Waals surface area contributed by atoms with Crippen LogP contribution in [0.4, 0.5) is 0 Å². The summed E-state index contributed by atoms with van der Waals surface area (Å²) < 4.78 is 6.99. The molecule has 18 heavy (non-hydrogen) atoms. The van der Waals surface area contributed by atoms with Crippen LogP contribution in [0.1, 0.15) is 20.3 Å². The van der Waals surface area contributed by atoms with E-state index in [1.54, 1.807) is 12.3 Å². The van der Waals surface area contributed by atoms with Crippen LogP contribution in [0.3, 0.4) is 0 Å². The molecule has 0 atom stereocenters. The summed E-state index contributed by atoms with van der Waals surface area (Å²) in [5, 5.41) is 13.8. The molecule has 1 N–H and O–H groups in total. The molecule has 0 saturated heterocycles. The van der Waals surface area contributed by atoms with Crippen molar-refractivity contribution in [1.82, 2.24) is 5.32 Å². The van der Waals surface area contributed by atoms with E-state index in [0.29, 0.717) is 13.1 Å². The van der Waals surface area contributed by atoms with Gasteiger partial charge in [0.2, 0.25) is 5.91 Å². The van der Waals surface area contributed by atoms with E-state index in [2.05, 4.69) is 5.32 Å². The minimum Gasteiger partial charge on any atom is -0.868 e. The van der Waals surface area contributed by atoms with Crippen LogP contribution in [-0.2, 0) is 16.1 Å². The fourth-order valence-electron chi connectivity index (χ4n) is 1.42. The molecule has 0 bridgehead atoms. The van der Waals surface area contributed by atoms with Crippen LogP contribution in [0.15, 0.2) is 24.5 Å². The van der Waals surface area contributed by atoms with Gasteiger partial charge in [0, 0.05) is 19.0 Å². The van der Waals surface area contributed by atoms with Gasteiger partial charge in [-0.2, -0.15) is 0 Å². The highest BCUT2D eigenvalue weighted by Gasteiger charge is 2.03. The molecule has 1 aromatic heterocycles. The number of hydrogen-bond acceptors (Lipinski definition) is 3. The highest BCUT2D eigenvalue weighted by Crippen LogP contribution is 1.95. The lowest BCUT2D eigenvalue weighted by Crippen LogP contribution is -2.36. The molecule has 0 aliphatic carbocycles. The normalized spacial score (nSPS) is 10.6. The van der Waals surface area contributed by atoms with Crippen molar-refractivity contribution in [1.29, 1.82) is 0 Å². The summed E-state index contributed by atoms with van der Waals surface area (Å²) in [5.41, 5.74) is 0. The Morgan fingerprint density at radius 1 is 1.56 bits per heavy atom. The zero-order chi connectivity index (χ0) is 13.4. The van der Waals surface area contributed by atoms with Crippen molar-refractivity contribution in [2.24, 2.45) is 0 Å². The molecule has 0 saturated carbocycles. The van der Waals surface area contributed by atoms with E-state index < -0.39 is 0 Å². The predicted octanol–water partition coefficient (Wildman–Crippen LogP) is -0.0210. The summed E-state index contributed by atoms with van der Waals surface area (Å²) in [6.07, 6.45) is 4.22. The lowest BCUT2D eigenvalue weighted by Gasteiger charge is -2.08. The van der Waals surface area contributed by atoms with E-state index in [4.69, 9.17) is 4.74 Å². The van der Waals surface area contributed by atoms with Crippen LogP contribution in [0.2, 0.25) is 0 Å². The molecule has 0 aliphatic heterocycles. The number of carbonyl (C=O) groups excluding carboxylic acids is 1. The highest BCUT2D eigenvalue weighted by atomic mass is 16.5. The van der Waals surface area contributed by atoms with Crippen LogP contribution in [0, 0.1) is 0 Å². The number of hydrogen-bond donors (Lipinski definition) is 1. The Labute approximate surface area is 107 Å². The fraction of sp³-hybridized carbons (Fsp3) is 0.538. The number of rotatable bonds is 7. The zero-order valence-electron chi connectivity index (χ0n) is 10.9. The second-order valence-corrected chi connectivity index (χ2v) is 4.34. The van der Waals surface area contributed by atoms with Gasteiger partial charge >= 0.3 is 0 Å². The summed E-state index contributed by atoms with van der Waals surface area (Å²) in [7, 11) is 0. The molecule has 0 fully saturated rings. The lowest BCUT2D eigenvalue weighted by molar-refractivity contribution is -0.699. The standard InChI is InChI=1S/C13H20N2O3/c1-11(2)18-10-13(17)14-6-4-8-15-7-3-5-12(16)9-15/h3,5,7,9,11H,4,6,8,10H2,1-2H3,(H-,14,16,17). The van der Waals surface area contributed by atoms with Crippen molar-refractivity contribution in [3.8, 4) is 5.75 Å². The van der Waals surface area contributed by atoms with Gasteiger partial charge in [-0.1, -0.05) is 6.07 Å². The Bertz CT molecular complexity index is 380. The number of aryl methyl sites for hydroxylation is 1. The maximum atomic E-state index is 11.3. The van der Waals surface area contributed by atoms with Crippen molar-refractivity contribution < 1.29 is 19.2 Å². The van der Waals surface area contributed by atoms with E-state index in [9.17, 15) is 9.90 Å². The van der Waals surface area contributed by atoms with Crippen molar-refractivity contribution in [3.63, 3.8) is 0 Å². The summed E-state index contributed by atoms with van der Waals surface area (Å²) in [4.78, 5) is 11.3. The molecule has 100 valence electrons. The third-order valence-electron chi connectivity index (χ3n) is 2.29. The van der Waals surface area contributed by atoms with E-state index >= 15 is 0 Å². The van der Waals surface area contributed by atoms with Crippen molar-refractivity contribution >= 4 is 5.91 Å². The quantitative estimate of drug-likeness (QED) is 0.548. The Morgan fingerprint density at radius 2 is 2.33 bits per heavy atom. The third-order valence-corrected chi connectivity index (χ3v) is 2.29. The lowest BCUT2D eigenvalue weighted by atomic mass is 10.4. The molecule has 0 spiro atoms. The first-order valence-corrected chi connectivity index (χ1v) is 6.12. The highest BCUT2D eigenvalue weighted by molar-refractivity contribution is 5.77. The smallest absolute Gasteiger partial charge is 0.246 e. The Kier molecular flexibility index (Phi) is 6.14. The van der Waals surface area contributed by atoms with Gasteiger partial charge in [-0.3, -0.25) is 4.79 Å². The zero-order valence-corrected chi connectivity index (χ0v) is 10.9. The minimum atomic E-state index is -0.105. The van der Waals surface area contributed by atoms with Crippen LogP contribution in [0.5, 0.6) is 5.75 Å². The molecular weight excluding hydrogens is 232 g/mol. The number of ether oxygens (including phenoxy) is 1. The maximum Gasteiger partial charge on any atom is 0.246 e. The second-order valence-electron chi connectivity index (χ2n) is 4.34. The average Bonchev–Trinajstić information content (AvgIpc) is 2.32. The van der Waals surface area contributed by atoms with Gasteiger partial charge in [0.05, 0.1) is 6.10 Å². The molecule has 0 radical (unpaired) electrons. The van der Waals surface area contributed by atoms with Gasteiger partial charge in [-0.05, 0) is 19.6 Å². The van der Waals surface area contributed by atoms with E-state index in [-0.39, 0.29) is 24.4 Å². The molecule has 5 nitrogen and oxygen atoms in total. The van der Waals surface area contributed by atoms with Gasteiger partial charge in [0.1, 0.15) is 13.2 Å². The summed E-state index contributed by atoms with van der Waals surface area (Å²) >= 11 is 0. The van der Waals surface area contributed by atoms with Crippen LogP contribution in [0.25, 0.3) is 0 Å². The van der Waals surface area contributed by atoms with Gasteiger partial charge < -0.3 is 15.2 Å². The maximum absolute atomic E-state index is 11.3. The molecule has 0 aliphatic rings. The Morgan fingerprint density at radius 3 is 3.00 bits per heavy atom. The first kappa shape index (κ1) is 14.4. The SMILES string of the molecule is CC(C)OCC(=O)NCCC[n+]1cccc([O-])c1. The van der Waals surface area contributed by atoms with E-state index in [0.717, 1.165) is 6.42 Å². The average molecular weight is 252 g/mol. The monoisotopic (exact) mass is 252 g/mol. The number of pyridine rings is 1. The van der Waals surface area contributed by atoms with Crippen LogP contribution in [-0.4, -0.2) is 25.2 Å². The summed E-state index contributed by atoms with van der Waals surface area (Å²) in [6.45, 7) is 5.16. The summed E-state index contributed by atoms with van der Waals surface area (Å²) in [5.74, 6) is -0.113. The molecular formula is C13H20N2O3. The number of nitrogens with one attached hydrogen (secondary N) is 1. The molecule has 1 rings (SSSR count). The topological polar surface area (TPSA) is 65.3 Å². The van der Waals surface area contributed by atoms with Gasteiger partial charge in [-0.25, -0.2) is 4.57 Å². The predicted molar refractivity (Wildman–Crippen MR) is 64.8 cm³/mol. The number of amides is 1. The molecule has 1 heterocycles. The summed E-state index contributed by atoms with van der Waals surface area (Å²) in [6, 6.07) is 3.24. The molecule has 0 aromatic carbocycles. The first-order chi connectivity index (χ1) is 8.58. The number of nitrogens with zero attached hydrogens (tertiary/aromatic N) is 1. The minimum absolute atomic E-state index is 0.00753. The largest absolute Gasteiger partial charge is 0.868 e. The van der Waals surface area contributed by atoms with Gasteiger partial charge in [-0.15, -0.1) is 0 Å². The number of carbonyl (C=O) groups is 1. The van der Waals surface area contributed by atoms with Crippen molar-refractivity contribution in [3.05, 3.63) is 24.5 Å². The van der Waals surface area contributed by atoms with Crippen molar-refractivity contribution in [2.75, 3.05) is 13.2 Å².